The van der Waals surface area contributed by atoms with Gasteiger partial charge in [0.15, 0.2) is 6.61 Å². The van der Waals surface area contributed by atoms with Gasteiger partial charge in [-0.25, -0.2) is 14.8 Å². The second-order valence-corrected chi connectivity index (χ2v) is 7.57. The van der Waals surface area contributed by atoms with E-state index in [4.69, 9.17) is 14.7 Å². The van der Waals surface area contributed by atoms with Crippen molar-refractivity contribution in [2.24, 2.45) is 0 Å². The van der Waals surface area contributed by atoms with E-state index in [1.165, 1.54) is 6.20 Å². The maximum absolute atomic E-state index is 12.6. The van der Waals surface area contributed by atoms with Crippen molar-refractivity contribution < 1.29 is 14.3 Å². The quantitative estimate of drug-likeness (QED) is 0.257. The van der Waals surface area contributed by atoms with Gasteiger partial charge in [-0.1, -0.05) is 66.7 Å². The molecule has 0 N–H and O–H groups in total. The van der Waals surface area contributed by atoms with Crippen molar-refractivity contribution >= 4 is 22.8 Å². The van der Waals surface area contributed by atoms with Crippen LogP contribution in [0.15, 0.2) is 103 Å². The molecule has 34 heavy (non-hydrogen) atoms. The third-order valence-corrected chi connectivity index (χ3v) is 5.28. The third kappa shape index (κ3) is 4.42. The van der Waals surface area contributed by atoms with Crippen LogP contribution in [0.4, 0.5) is 0 Å². The van der Waals surface area contributed by atoms with Crippen LogP contribution in [0.25, 0.3) is 33.5 Å². The van der Waals surface area contributed by atoms with Gasteiger partial charge in [0.1, 0.15) is 5.69 Å². The van der Waals surface area contributed by atoms with Gasteiger partial charge in [-0.05, 0) is 30.3 Å². The predicted octanol–water partition coefficient (Wildman–Crippen LogP) is 5.40. The Morgan fingerprint density at radius 2 is 1.29 bits per heavy atom. The van der Waals surface area contributed by atoms with Crippen LogP contribution in [0.5, 0.6) is 0 Å². The summed E-state index contributed by atoms with van der Waals surface area (Å²) >= 11 is 0. The second-order valence-electron chi connectivity index (χ2n) is 7.57. The van der Waals surface area contributed by atoms with E-state index in [2.05, 4.69) is 4.98 Å². The molecule has 0 saturated heterocycles. The van der Waals surface area contributed by atoms with Crippen LogP contribution in [0.3, 0.4) is 0 Å². The SMILES string of the molecule is O=C(OCC(=O)c1ccccn1)c1ccc2nc(-c3ccccc3)c(-c3ccccc3)nc2c1. The molecule has 2 aromatic heterocycles. The van der Waals surface area contributed by atoms with E-state index in [1.807, 2.05) is 60.7 Å². The first-order valence-corrected chi connectivity index (χ1v) is 10.7. The zero-order valence-electron chi connectivity index (χ0n) is 18.1. The first-order valence-electron chi connectivity index (χ1n) is 10.7. The molecular weight excluding hydrogens is 426 g/mol. The van der Waals surface area contributed by atoms with Crippen molar-refractivity contribution in [3.05, 3.63) is 115 Å². The van der Waals surface area contributed by atoms with Crippen molar-refractivity contribution in [3.8, 4) is 22.5 Å². The number of ether oxygens (including phenoxy) is 1. The van der Waals surface area contributed by atoms with E-state index in [9.17, 15) is 9.59 Å². The van der Waals surface area contributed by atoms with Gasteiger partial charge in [-0.2, -0.15) is 0 Å². The molecule has 0 unspecified atom stereocenters. The third-order valence-electron chi connectivity index (χ3n) is 5.28. The smallest absolute Gasteiger partial charge is 0.338 e. The number of carbonyl (C=O) groups excluding carboxylic acids is 2. The molecule has 0 fully saturated rings. The largest absolute Gasteiger partial charge is 0.454 e. The number of pyridine rings is 1. The van der Waals surface area contributed by atoms with Crippen molar-refractivity contribution in [2.75, 3.05) is 6.61 Å². The number of carbonyl (C=O) groups is 2. The number of nitrogens with zero attached hydrogens (tertiary/aromatic N) is 3. The minimum atomic E-state index is -0.610. The fourth-order valence-corrected chi connectivity index (χ4v) is 3.59. The number of esters is 1. The molecule has 5 rings (SSSR count). The standard InChI is InChI=1S/C28H19N3O3/c32-25(23-13-7-8-16-29-23)18-34-28(33)21-14-15-22-24(17-21)31-27(20-11-5-2-6-12-20)26(30-22)19-9-3-1-4-10-19/h1-17H,18H2. The highest BCUT2D eigenvalue weighted by Gasteiger charge is 2.16. The van der Waals surface area contributed by atoms with Crippen molar-refractivity contribution in [2.45, 2.75) is 0 Å². The number of ketones is 1. The molecule has 0 bridgehead atoms. The summed E-state index contributed by atoms with van der Waals surface area (Å²) in [6.07, 6.45) is 1.52. The Kier molecular flexibility index (Phi) is 5.86. The van der Waals surface area contributed by atoms with Gasteiger partial charge in [0.05, 0.1) is 28.0 Å². The van der Waals surface area contributed by atoms with Gasteiger partial charge in [-0.15, -0.1) is 0 Å². The Morgan fingerprint density at radius 3 is 1.91 bits per heavy atom. The minimum Gasteiger partial charge on any atom is -0.454 e. The molecule has 3 aromatic carbocycles. The Bertz CT molecular complexity index is 1470. The topological polar surface area (TPSA) is 82.0 Å². The van der Waals surface area contributed by atoms with Gasteiger partial charge in [0, 0.05) is 17.3 Å². The fourth-order valence-electron chi connectivity index (χ4n) is 3.59. The van der Waals surface area contributed by atoms with Crippen LogP contribution in [-0.4, -0.2) is 33.3 Å². The summed E-state index contributed by atoms with van der Waals surface area (Å²) in [4.78, 5) is 38.5. The lowest BCUT2D eigenvalue weighted by Crippen LogP contribution is -2.15. The van der Waals surface area contributed by atoms with E-state index in [0.29, 0.717) is 16.6 Å². The van der Waals surface area contributed by atoms with Gasteiger partial charge in [0.25, 0.3) is 0 Å². The molecule has 0 atom stereocenters. The monoisotopic (exact) mass is 445 g/mol. The van der Waals surface area contributed by atoms with Crippen molar-refractivity contribution in [3.63, 3.8) is 0 Å². The summed E-state index contributed by atoms with van der Waals surface area (Å²) in [5.74, 6) is -0.977. The lowest BCUT2D eigenvalue weighted by atomic mass is 10.0. The van der Waals surface area contributed by atoms with Crippen LogP contribution in [0.2, 0.25) is 0 Å². The molecule has 0 aliphatic rings. The predicted molar refractivity (Wildman–Crippen MR) is 129 cm³/mol. The Morgan fingerprint density at radius 1 is 0.676 bits per heavy atom. The highest BCUT2D eigenvalue weighted by molar-refractivity contribution is 5.99. The Labute approximate surface area is 195 Å². The molecule has 0 radical (unpaired) electrons. The fraction of sp³-hybridized carbons (Fsp3) is 0.0357. The molecule has 2 heterocycles. The Hall–Kier alpha value is -4.71. The molecular formula is C28H19N3O3. The number of hydrogen-bond donors (Lipinski definition) is 0. The van der Waals surface area contributed by atoms with E-state index in [1.54, 1.807) is 36.4 Å². The normalized spacial score (nSPS) is 10.7. The highest BCUT2D eigenvalue weighted by Crippen LogP contribution is 2.31. The molecule has 0 amide bonds. The molecule has 6 heteroatoms. The summed E-state index contributed by atoms with van der Waals surface area (Å²) < 4.78 is 5.22. The second kappa shape index (κ2) is 9.42. The summed E-state index contributed by atoms with van der Waals surface area (Å²) in [6, 6.07) is 29.7. The van der Waals surface area contributed by atoms with Crippen LogP contribution in [-0.2, 0) is 4.74 Å². The molecule has 0 spiro atoms. The van der Waals surface area contributed by atoms with E-state index in [-0.39, 0.29) is 18.1 Å². The molecule has 5 aromatic rings. The van der Waals surface area contributed by atoms with Gasteiger partial charge in [-0.3, -0.25) is 9.78 Å². The lowest BCUT2D eigenvalue weighted by Gasteiger charge is -2.11. The number of aromatic nitrogens is 3. The average molecular weight is 445 g/mol. The minimum absolute atomic E-state index is 0.251. The van der Waals surface area contributed by atoms with E-state index < -0.39 is 5.97 Å². The zero-order chi connectivity index (χ0) is 23.3. The average Bonchev–Trinajstić information content (AvgIpc) is 2.92. The number of hydrogen-bond acceptors (Lipinski definition) is 6. The first kappa shape index (κ1) is 21.2. The summed E-state index contributed by atoms with van der Waals surface area (Å²) in [5, 5.41) is 0. The zero-order valence-corrected chi connectivity index (χ0v) is 18.1. The molecule has 0 aliphatic carbocycles. The molecule has 0 saturated carbocycles. The van der Waals surface area contributed by atoms with Gasteiger partial charge in [0.2, 0.25) is 5.78 Å². The lowest BCUT2D eigenvalue weighted by molar-refractivity contribution is 0.0473. The van der Waals surface area contributed by atoms with Gasteiger partial charge >= 0.3 is 5.97 Å². The number of Topliss-reactive ketones (excluding diaryl/α,β-unsaturated/α-hetero) is 1. The molecule has 0 aliphatic heterocycles. The van der Waals surface area contributed by atoms with Crippen LogP contribution < -0.4 is 0 Å². The van der Waals surface area contributed by atoms with Gasteiger partial charge < -0.3 is 4.74 Å². The van der Waals surface area contributed by atoms with Crippen LogP contribution in [0, 0.1) is 0 Å². The summed E-state index contributed by atoms with van der Waals surface area (Å²) in [7, 11) is 0. The number of rotatable bonds is 6. The first-order chi connectivity index (χ1) is 16.7. The van der Waals surface area contributed by atoms with E-state index >= 15 is 0 Å². The van der Waals surface area contributed by atoms with Crippen molar-refractivity contribution in [1.82, 2.24) is 15.0 Å². The molecule has 164 valence electrons. The van der Waals surface area contributed by atoms with Crippen molar-refractivity contribution in [1.29, 1.82) is 0 Å². The van der Waals surface area contributed by atoms with Crippen LogP contribution >= 0.6 is 0 Å². The number of fused-ring (bicyclic) bond motifs is 1. The summed E-state index contributed by atoms with van der Waals surface area (Å²) in [5.41, 5.74) is 5.11. The highest BCUT2D eigenvalue weighted by atomic mass is 16.5. The maximum atomic E-state index is 12.6. The van der Waals surface area contributed by atoms with E-state index in [0.717, 1.165) is 22.5 Å². The van der Waals surface area contributed by atoms with Crippen LogP contribution in [0.1, 0.15) is 20.8 Å². The summed E-state index contributed by atoms with van der Waals surface area (Å²) in [6.45, 7) is -0.387. The Balaban J connectivity index is 1.48. The maximum Gasteiger partial charge on any atom is 0.338 e. The molecule has 6 nitrogen and oxygen atoms in total. The number of benzene rings is 3.